The zero-order chi connectivity index (χ0) is 21.7. The molecule has 0 bridgehead atoms. The fourth-order valence-electron chi connectivity index (χ4n) is 3.08. The molecule has 3 rings (SSSR count). The molecule has 2 aromatic carbocycles. The second-order valence-electron chi connectivity index (χ2n) is 7.02. The Hall–Kier alpha value is -2.97. The second-order valence-corrected chi connectivity index (χ2v) is 9.04. The average Bonchev–Trinajstić information content (AvgIpc) is 2.73. The first-order valence-electron chi connectivity index (χ1n) is 9.24. The molecule has 0 saturated heterocycles. The maximum absolute atomic E-state index is 13.3. The molecule has 1 N–H and O–H groups in total. The summed E-state index contributed by atoms with van der Waals surface area (Å²) < 4.78 is 36.7. The van der Waals surface area contributed by atoms with Gasteiger partial charge in [-0.05, 0) is 41.8 Å². The van der Waals surface area contributed by atoms with Gasteiger partial charge in [0.05, 0.1) is 35.5 Å². The highest BCUT2D eigenvalue weighted by molar-refractivity contribution is 7.90. The minimum absolute atomic E-state index is 0.0262. The number of aliphatic hydroxyl groups excluding tert-OH is 1. The van der Waals surface area contributed by atoms with Crippen LogP contribution in [0.4, 0.5) is 4.39 Å². The molecule has 0 unspecified atom stereocenters. The van der Waals surface area contributed by atoms with Crippen molar-refractivity contribution in [3.05, 3.63) is 89.3 Å². The molecule has 0 radical (unpaired) electrons. The van der Waals surface area contributed by atoms with E-state index in [1.165, 1.54) is 36.7 Å². The Kier molecular flexibility index (Phi) is 6.69. The summed E-state index contributed by atoms with van der Waals surface area (Å²) in [5, 5.41) is 9.07. The van der Waals surface area contributed by atoms with E-state index in [4.69, 9.17) is 5.11 Å². The van der Waals surface area contributed by atoms with E-state index in [9.17, 15) is 17.6 Å². The Labute approximate surface area is 174 Å². The van der Waals surface area contributed by atoms with Gasteiger partial charge in [0, 0.05) is 18.4 Å². The van der Waals surface area contributed by atoms with Crippen LogP contribution in [0.2, 0.25) is 0 Å². The highest BCUT2D eigenvalue weighted by atomic mass is 32.2. The van der Waals surface area contributed by atoms with Gasteiger partial charge in [0.1, 0.15) is 11.6 Å². The van der Waals surface area contributed by atoms with Crippen LogP contribution in [0.25, 0.3) is 0 Å². The number of halogens is 1. The van der Waals surface area contributed by atoms with Crippen LogP contribution in [0.1, 0.15) is 28.4 Å². The van der Waals surface area contributed by atoms with Gasteiger partial charge >= 0.3 is 0 Å². The fourth-order valence-corrected chi connectivity index (χ4v) is 3.71. The number of carbonyl (C=O) groups is 1. The molecule has 0 fully saturated rings. The van der Waals surface area contributed by atoms with Crippen LogP contribution < -0.4 is 0 Å². The molecule has 0 aliphatic rings. The van der Waals surface area contributed by atoms with E-state index in [-0.39, 0.29) is 29.5 Å². The van der Waals surface area contributed by atoms with Crippen LogP contribution in [0.15, 0.2) is 65.8 Å². The van der Waals surface area contributed by atoms with Crippen molar-refractivity contribution in [2.24, 2.45) is 0 Å². The number of ketones is 1. The Bertz CT molecular complexity index is 1110. The summed E-state index contributed by atoms with van der Waals surface area (Å²) >= 11 is 0. The highest BCUT2D eigenvalue weighted by Gasteiger charge is 2.23. The Balaban J connectivity index is 1.89. The molecular formula is C22H21FN2O4S. The summed E-state index contributed by atoms with van der Waals surface area (Å²) in [4.78, 5) is 21.5. The van der Waals surface area contributed by atoms with Crippen LogP contribution in [-0.2, 0) is 34.1 Å². The van der Waals surface area contributed by atoms with E-state index in [1.54, 1.807) is 24.3 Å². The third-order valence-electron chi connectivity index (χ3n) is 4.73. The molecular weight excluding hydrogens is 407 g/mol. The number of nitrogens with zero attached hydrogens (tertiary/aromatic N) is 2. The summed E-state index contributed by atoms with van der Waals surface area (Å²) in [7, 11) is -3.35. The van der Waals surface area contributed by atoms with E-state index in [0.29, 0.717) is 23.4 Å². The van der Waals surface area contributed by atoms with Gasteiger partial charge < -0.3 is 5.11 Å². The molecule has 30 heavy (non-hydrogen) atoms. The number of Topliss-reactive ketones (excluding diaryl/α,β-unsaturated/α-hetero) is 1. The van der Waals surface area contributed by atoms with Crippen molar-refractivity contribution in [2.45, 2.75) is 30.3 Å². The van der Waals surface area contributed by atoms with Gasteiger partial charge in [0.15, 0.2) is 9.84 Å². The van der Waals surface area contributed by atoms with E-state index in [0.717, 1.165) is 11.8 Å². The van der Waals surface area contributed by atoms with E-state index < -0.39 is 15.8 Å². The molecule has 0 saturated carbocycles. The van der Waals surface area contributed by atoms with Gasteiger partial charge in [-0.15, -0.1) is 0 Å². The molecule has 1 atom stereocenters. The lowest BCUT2D eigenvalue weighted by Gasteiger charge is -2.17. The van der Waals surface area contributed by atoms with Crippen LogP contribution >= 0.6 is 0 Å². The van der Waals surface area contributed by atoms with Crippen LogP contribution in [0.3, 0.4) is 0 Å². The van der Waals surface area contributed by atoms with Crippen molar-refractivity contribution < 1.29 is 22.7 Å². The van der Waals surface area contributed by atoms with Crippen molar-refractivity contribution in [3.8, 4) is 0 Å². The molecule has 156 valence electrons. The number of benzene rings is 2. The zero-order valence-electron chi connectivity index (χ0n) is 16.3. The first-order chi connectivity index (χ1) is 14.3. The smallest absolute Gasteiger partial charge is 0.175 e. The first-order valence-corrected chi connectivity index (χ1v) is 11.1. The van der Waals surface area contributed by atoms with Crippen LogP contribution in [-0.4, -0.2) is 35.5 Å². The number of carbonyl (C=O) groups excluding carboxylic acids is 1. The fraction of sp³-hybridized carbons (Fsp3) is 0.227. The SMILES string of the molecule is CS(=O)(=O)c1ccc([C@@H](Cc2ccc(F)cc2)C(=O)Cc2cnc(CO)cn2)cc1. The number of hydrogen-bond donors (Lipinski definition) is 1. The van der Waals surface area contributed by atoms with Crippen molar-refractivity contribution >= 4 is 15.6 Å². The van der Waals surface area contributed by atoms with E-state index in [1.807, 2.05) is 0 Å². The summed E-state index contributed by atoms with van der Waals surface area (Å²) in [6.45, 7) is -0.235. The summed E-state index contributed by atoms with van der Waals surface area (Å²) in [6.07, 6.45) is 4.35. The van der Waals surface area contributed by atoms with Gasteiger partial charge in [-0.25, -0.2) is 12.8 Å². The minimum Gasteiger partial charge on any atom is -0.390 e. The Morgan fingerprint density at radius 3 is 2.13 bits per heavy atom. The summed E-state index contributed by atoms with van der Waals surface area (Å²) in [5.41, 5.74) is 2.32. The van der Waals surface area contributed by atoms with Gasteiger partial charge in [0.25, 0.3) is 0 Å². The van der Waals surface area contributed by atoms with Gasteiger partial charge in [-0.3, -0.25) is 14.8 Å². The third-order valence-corrected chi connectivity index (χ3v) is 5.86. The second kappa shape index (κ2) is 9.23. The molecule has 0 aliphatic carbocycles. The topological polar surface area (TPSA) is 97.2 Å². The zero-order valence-corrected chi connectivity index (χ0v) is 17.1. The molecule has 0 spiro atoms. The maximum Gasteiger partial charge on any atom is 0.175 e. The number of sulfone groups is 1. The number of rotatable bonds is 8. The molecule has 3 aromatic rings. The lowest BCUT2D eigenvalue weighted by molar-refractivity contribution is -0.119. The van der Waals surface area contributed by atoms with Gasteiger partial charge in [-0.1, -0.05) is 24.3 Å². The normalized spacial score (nSPS) is 12.5. The van der Waals surface area contributed by atoms with Gasteiger partial charge in [0.2, 0.25) is 0 Å². The van der Waals surface area contributed by atoms with Crippen molar-refractivity contribution in [3.63, 3.8) is 0 Å². The molecule has 0 amide bonds. The molecule has 1 aromatic heterocycles. The summed E-state index contributed by atoms with van der Waals surface area (Å²) in [6, 6.07) is 12.1. The van der Waals surface area contributed by atoms with Crippen molar-refractivity contribution in [1.29, 1.82) is 0 Å². The van der Waals surface area contributed by atoms with Crippen molar-refractivity contribution in [2.75, 3.05) is 6.26 Å². The molecule has 0 aliphatic heterocycles. The average molecular weight is 428 g/mol. The summed E-state index contributed by atoms with van der Waals surface area (Å²) in [5.74, 6) is -1.06. The highest BCUT2D eigenvalue weighted by Crippen LogP contribution is 2.25. The van der Waals surface area contributed by atoms with Gasteiger partial charge in [-0.2, -0.15) is 0 Å². The van der Waals surface area contributed by atoms with E-state index >= 15 is 0 Å². The lowest BCUT2D eigenvalue weighted by atomic mass is 9.86. The van der Waals surface area contributed by atoms with Crippen molar-refractivity contribution in [1.82, 2.24) is 9.97 Å². The lowest BCUT2D eigenvalue weighted by Crippen LogP contribution is -2.18. The quantitative estimate of drug-likeness (QED) is 0.592. The predicted molar refractivity (Wildman–Crippen MR) is 109 cm³/mol. The molecule has 8 heteroatoms. The van der Waals surface area contributed by atoms with Crippen LogP contribution in [0.5, 0.6) is 0 Å². The maximum atomic E-state index is 13.3. The largest absolute Gasteiger partial charge is 0.390 e. The van der Waals surface area contributed by atoms with Crippen LogP contribution in [0, 0.1) is 5.82 Å². The predicted octanol–water partition coefficient (Wildman–Crippen LogP) is 2.65. The monoisotopic (exact) mass is 428 g/mol. The number of aliphatic hydroxyl groups is 1. The Morgan fingerprint density at radius 2 is 1.60 bits per heavy atom. The molecule has 1 heterocycles. The number of hydrogen-bond acceptors (Lipinski definition) is 6. The third kappa shape index (κ3) is 5.55. The molecule has 6 nitrogen and oxygen atoms in total. The first kappa shape index (κ1) is 21.7. The van der Waals surface area contributed by atoms with E-state index in [2.05, 4.69) is 9.97 Å². The number of aromatic nitrogens is 2. The minimum atomic E-state index is -3.35. The Morgan fingerprint density at radius 1 is 1.00 bits per heavy atom. The standard InChI is InChI=1S/C22H21FN2O4S/c1-30(28,29)20-8-4-16(5-9-20)21(10-15-2-6-17(23)7-3-15)22(27)11-18-12-25-19(14-26)13-24-18/h2-9,12-13,21,26H,10-11,14H2,1H3/t21-/m1/s1.